The van der Waals surface area contributed by atoms with Gasteiger partial charge in [0.25, 0.3) is 5.78 Å². The number of ketones is 1. The van der Waals surface area contributed by atoms with Crippen LogP contribution in [0.15, 0.2) is 58.6 Å². The van der Waals surface area contributed by atoms with Crippen LogP contribution in [0.3, 0.4) is 0 Å². The molecule has 1 aliphatic rings. The number of aryl methyl sites for hydroxylation is 1. The number of aliphatic hydroxyl groups is 1. The minimum atomic E-state index is -1.04. The molecule has 1 aliphatic heterocycles. The van der Waals surface area contributed by atoms with Crippen molar-refractivity contribution in [2.24, 2.45) is 0 Å². The maximum absolute atomic E-state index is 13.3. The monoisotopic (exact) mass is 478 g/mol. The van der Waals surface area contributed by atoms with E-state index in [0.29, 0.717) is 40.7 Å². The number of amides is 1. The van der Waals surface area contributed by atoms with Gasteiger partial charge in [-0.3, -0.25) is 14.5 Å². The molecule has 1 atom stereocenters. The molecule has 9 nitrogen and oxygen atoms in total. The number of ether oxygens (including phenoxy) is 3. The Labute approximate surface area is 202 Å². The maximum atomic E-state index is 13.3. The van der Waals surface area contributed by atoms with Gasteiger partial charge < -0.3 is 23.8 Å². The number of anilines is 1. The summed E-state index contributed by atoms with van der Waals surface area (Å²) < 4.78 is 21.7. The summed E-state index contributed by atoms with van der Waals surface area (Å²) in [6.45, 7) is 4.24. The fourth-order valence-corrected chi connectivity index (χ4v) is 3.97. The largest absolute Gasteiger partial charge is 0.507 e. The summed E-state index contributed by atoms with van der Waals surface area (Å²) in [4.78, 5) is 27.7. The lowest BCUT2D eigenvalue weighted by Crippen LogP contribution is -2.30. The van der Waals surface area contributed by atoms with E-state index in [1.54, 1.807) is 55.5 Å². The number of aromatic nitrogens is 1. The van der Waals surface area contributed by atoms with Crippen molar-refractivity contribution in [3.63, 3.8) is 0 Å². The first-order chi connectivity index (χ1) is 16.9. The van der Waals surface area contributed by atoms with Crippen molar-refractivity contribution in [2.45, 2.75) is 26.3 Å². The molecule has 0 saturated carbocycles. The molecule has 0 radical (unpaired) electrons. The molecular formula is C26H26N2O7. The highest BCUT2D eigenvalue weighted by Gasteiger charge is 2.49. The highest BCUT2D eigenvalue weighted by Crippen LogP contribution is 2.45. The van der Waals surface area contributed by atoms with Crippen LogP contribution >= 0.6 is 0 Å². The minimum absolute atomic E-state index is 0.107. The molecule has 9 heteroatoms. The second-order valence-electron chi connectivity index (χ2n) is 7.95. The van der Waals surface area contributed by atoms with Crippen molar-refractivity contribution in [1.29, 1.82) is 0 Å². The lowest BCUT2D eigenvalue weighted by Gasteiger charge is -2.24. The van der Waals surface area contributed by atoms with Crippen molar-refractivity contribution < 1.29 is 33.4 Å². The van der Waals surface area contributed by atoms with Crippen LogP contribution in [0, 0.1) is 6.92 Å². The van der Waals surface area contributed by atoms with Crippen LogP contribution in [-0.4, -0.2) is 42.8 Å². The van der Waals surface area contributed by atoms with Gasteiger partial charge in [0, 0.05) is 17.2 Å². The van der Waals surface area contributed by atoms with Gasteiger partial charge >= 0.3 is 5.91 Å². The molecule has 35 heavy (non-hydrogen) atoms. The fourth-order valence-electron chi connectivity index (χ4n) is 3.97. The van der Waals surface area contributed by atoms with Crippen molar-refractivity contribution in [3.05, 3.63) is 71.0 Å². The molecule has 3 aromatic rings. The molecule has 0 bridgehead atoms. The summed E-state index contributed by atoms with van der Waals surface area (Å²) in [6, 6.07) is 12.2. The van der Waals surface area contributed by atoms with Gasteiger partial charge in [0.1, 0.15) is 34.8 Å². The van der Waals surface area contributed by atoms with Gasteiger partial charge in [-0.05, 0) is 55.8 Å². The average Bonchev–Trinajstić information content (AvgIpc) is 3.42. The first-order valence-corrected chi connectivity index (χ1v) is 11.1. The highest BCUT2D eigenvalue weighted by atomic mass is 16.5. The molecule has 1 aromatic heterocycles. The van der Waals surface area contributed by atoms with E-state index in [1.165, 1.54) is 19.1 Å². The molecule has 0 unspecified atom stereocenters. The summed E-state index contributed by atoms with van der Waals surface area (Å²) in [7, 11) is 2.98. The number of nitrogens with zero attached hydrogens (tertiary/aromatic N) is 2. The van der Waals surface area contributed by atoms with E-state index in [1.807, 2.05) is 6.92 Å². The number of carbonyl (C=O) groups excluding carboxylic acids is 2. The summed E-state index contributed by atoms with van der Waals surface area (Å²) >= 11 is 0. The third-order valence-corrected chi connectivity index (χ3v) is 5.64. The normalized spacial score (nSPS) is 17.0. The Morgan fingerprint density at radius 2 is 1.77 bits per heavy atom. The minimum Gasteiger partial charge on any atom is -0.507 e. The Morgan fingerprint density at radius 1 is 1.06 bits per heavy atom. The second kappa shape index (κ2) is 9.92. The molecule has 0 spiro atoms. The van der Waals surface area contributed by atoms with Gasteiger partial charge in [0.05, 0.1) is 26.4 Å². The van der Waals surface area contributed by atoms with Crippen LogP contribution in [-0.2, 0) is 9.59 Å². The molecule has 4 rings (SSSR count). The van der Waals surface area contributed by atoms with Crippen molar-refractivity contribution >= 4 is 23.3 Å². The number of Topliss-reactive ketones (excluding diaryl/α,β-unsaturated/α-hetero) is 1. The highest BCUT2D eigenvalue weighted by molar-refractivity contribution is 6.51. The number of hydrogen-bond acceptors (Lipinski definition) is 8. The van der Waals surface area contributed by atoms with E-state index in [9.17, 15) is 14.7 Å². The van der Waals surface area contributed by atoms with Gasteiger partial charge in [0.15, 0.2) is 5.82 Å². The second-order valence-corrected chi connectivity index (χ2v) is 7.95. The fraction of sp³-hybridized carbons (Fsp3) is 0.269. The van der Waals surface area contributed by atoms with Crippen LogP contribution < -0.4 is 19.1 Å². The predicted molar refractivity (Wildman–Crippen MR) is 128 cm³/mol. The molecule has 182 valence electrons. The summed E-state index contributed by atoms with van der Waals surface area (Å²) in [6.07, 6.45) is 0.856. The summed E-state index contributed by atoms with van der Waals surface area (Å²) in [5.41, 5.74) is 0.690. The molecule has 1 amide bonds. The molecule has 1 N–H and O–H groups in total. The lowest BCUT2D eigenvalue weighted by atomic mass is 9.94. The van der Waals surface area contributed by atoms with E-state index >= 15 is 0 Å². The topological polar surface area (TPSA) is 111 Å². The zero-order chi connectivity index (χ0) is 25.1. The molecule has 0 aliphatic carbocycles. The Balaban J connectivity index is 1.91. The van der Waals surface area contributed by atoms with Crippen molar-refractivity contribution in [1.82, 2.24) is 5.16 Å². The molecule has 1 saturated heterocycles. The number of aliphatic hydroxyl groups excluding tert-OH is 1. The average molecular weight is 479 g/mol. The number of methoxy groups -OCH3 is 2. The van der Waals surface area contributed by atoms with Crippen LogP contribution in [0.5, 0.6) is 17.2 Å². The lowest BCUT2D eigenvalue weighted by molar-refractivity contribution is -0.132. The number of hydrogen-bond donors (Lipinski definition) is 1. The first-order valence-electron chi connectivity index (χ1n) is 11.1. The van der Waals surface area contributed by atoms with E-state index < -0.39 is 17.7 Å². The van der Waals surface area contributed by atoms with Gasteiger partial charge in [-0.15, -0.1) is 0 Å². The number of carbonyl (C=O) groups is 2. The molecule has 2 heterocycles. The van der Waals surface area contributed by atoms with Gasteiger partial charge in [-0.25, -0.2) is 0 Å². The van der Waals surface area contributed by atoms with Gasteiger partial charge in [-0.1, -0.05) is 12.1 Å². The first kappa shape index (κ1) is 23.9. The van der Waals surface area contributed by atoms with Gasteiger partial charge in [-0.2, -0.15) is 0 Å². The Morgan fingerprint density at radius 3 is 2.37 bits per heavy atom. The van der Waals surface area contributed by atoms with E-state index in [4.69, 9.17) is 18.7 Å². The number of rotatable bonds is 8. The van der Waals surface area contributed by atoms with Gasteiger partial charge in [0.2, 0.25) is 0 Å². The van der Waals surface area contributed by atoms with E-state index in [2.05, 4.69) is 5.16 Å². The summed E-state index contributed by atoms with van der Waals surface area (Å²) in [5.74, 6) is 0.0814. The molecule has 2 aromatic carbocycles. The standard InChI is InChI=1S/C26H26N2O7/c1-5-12-34-17-8-6-16(7-9-17)24(29)22-23(19-14-18(32-3)10-11-20(19)33-4)28(26(31)25(22)30)21-13-15(2)35-27-21/h6-11,13-14,23,29H,5,12H2,1-4H3/b24-22+/t23-/m0/s1. The van der Waals surface area contributed by atoms with Crippen LogP contribution in [0.4, 0.5) is 5.82 Å². The number of benzene rings is 2. The molecule has 1 fully saturated rings. The smallest absolute Gasteiger partial charge is 0.301 e. The third-order valence-electron chi connectivity index (χ3n) is 5.64. The summed E-state index contributed by atoms with van der Waals surface area (Å²) in [5, 5.41) is 15.2. The van der Waals surface area contributed by atoms with Crippen LogP contribution in [0.2, 0.25) is 0 Å². The third kappa shape index (κ3) is 4.44. The predicted octanol–water partition coefficient (Wildman–Crippen LogP) is 4.42. The van der Waals surface area contributed by atoms with Crippen LogP contribution in [0.1, 0.15) is 36.3 Å². The maximum Gasteiger partial charge on any atom is 0.301 e. The van der Waals surface area contributed by atoms with E-state index in [-0.39, 0.29) is 17.2 Å². The zero-order valence-corrected chi connectivity index (χ0v) is 19.9. The Bertz CT molecular complexity index is 1280. The van der Waals surface area contributed by atoms with E-state index in [0.717, 1.165) is 6.42 Å². The van der Waals surface area contributed by atoms with Crippen molar-refractivity contribution in [2.75, 3.05) is 25.7 Å². The Hall–Kier alpha value is -4.27. The zero-order valence-electron chi connectivity index (χ0n) is 19.9. The molecular weight excluding hydrogens is 452 g/mol. The van der Waals surface area contributed by atoms with Crippen molar-refractivity contribution in [3.8, 4) is 17.2 Å². The van der Waals surface area contributed by atoms with Crippen LogP contribution in [0.25, 0.3) is 5.76 Å². The SMILES string of the molecule is CCCOc1ccc(/C(O)=C2\C(=O)C(=O)N(c3cc(C)on3)[C@H]2c2cc(OC)ccc2OC)cc1. The quantitative estimate of drug-likeness (QED) is 0.288. The Kier molecular flexibility index (Phi) is 6.77.